The van der Waals surface area contributed by atoms with E-state index in [4.69, 9.17) is 11.6 Å². The maximum Gasteiger partial charge on any atom is 0.338 e. The maximum atomic E-state index is 11.3. The zero-order valence-corrected chi connectivity index (χ0v) is 10.0. The third-order valence-electron chi connectivity index (χ3n) is 2.25. The van der Waals surface area contributed by atoms with Gasteiger partial charge in [-0.3, -0.25) is 4.79 Å². The number of aryl methyl sites for hydroxylation is 1. The highest BCUT2D eigenvalue weighted by atomic mass is 35.5. The van der Waals surface area contributed by atoms with Crippen molar-refractivity contribution in [2.24, 2.45) is 0 Å². The van der Waals surface area contributed by atoms with Gasteiger partial charge in [0.05, 0.1) is 18.6 Å². The number of rotatable bonds is 4. The van der Waals surface area contributed by atoms with Crippen molar-refractivity contribution in [1.82, 2.24) is 0 Å². The van der Waals surface area contributed by atoms with E-state index in [1.54, 1.807) is 25.1 Å². The largest absolute Gasteiger partial charge is 0.465 e. The van der Waals surface area contributed by atoms with Gasteiger partial charge in [-0.15, -0.1) is 11.6 Å². The van der Waals surface area contributed by atoms with Crippen molar-refractivity contribution < 1.29 is 14.3 Å². The lowest BCUT2D eigenvalue weighted by Gasteiger charge is -2.06. The number of hydrogen-bond donors (Lipinski definition) is 0. The number of alkyl halides is 1. The highest BCUT2D eigenvalue weighted by Crippen LogP contribution is 2.13. The number of carbonyl (C=O) groups is 2. The number of ketones is 1. The molecule has 16 heavy (non-hydrogen) atoms. The van der Waals surface area contributed by atoms with Crippen LogP contribution in [0.15, 0.2) is 18.2 Å². The lowest BCUT2D eigenvalue weighted by atomic mass is 10.0. The van der Waals surface area contributed by atoms with Crippen LogP contribution in [0, 0.1) is 6.92 Å². The first kappa shape index (κ1) is 12.7. The average molecular weight is 241 g/mol. The van der Waals surface area contributed by atoms with Crippen LogP contribution in [0.3, 0.4) is 0 Å². The molecular formula is C12H13ClO3. The molecule has 86 valence electrons. The Kier molecular flexibility index (Phi) is 4.50. The minimum atomic E-state index is -0.368. The van der Waals surface area contributed by atoms with Crippen LogP contribution in [0.2, 0.25) is 0 Å². The third kappa shape index (κ3) is 3.07. The van der Waals surface area contributed by atoms with Crippen molar-refractivity contribution in [2.75, 3.05) is 13.0 Å². The molecule has 0 aliphatic heterocycles. The van der Waals surface area contributed by atoms with Crippen LogP contribution >= 0.6 is 11.6 Å². The summed E-state index contributed by atoms with van der Waals surface area (Å²) >= 11 is 5.42. The van der Waals surface area contributed by atoms with Crippen LogP contribution < -0.4 is 0 Å². The first-order valence-electron chi connectivity index (χ1n) is 4.84. The van der Waals surface area contributed by atoms with Crippen LogP contribution in [-0.2, 0) is 16.0 Å². The predicted octanol–water partition coefficient (Wildman–Crippen LogP) is 2.13. The molecule has 0 spiro atoms. The molecule has 4 heteroatoms. The molecule has 1 aromatic carbocycles. The number of Topliss-reactive ketones (excluding diaryl/α,β-unsaturated/α-hetero) is 1. The Hall–Kier alpha value is -1.35. The number of benzene rings is 1. The van der Waals surface area contributed by atoms with E-state index in [9.17, 15) is 9.59 Å². The van der Waals surface area contributed by atoms with Gasteiger partial charge >= 0.3 is 5.97 Å². The Balaban J connectivity index is 2.91. The summed E-state index contributed by atoms with van der Waals surface area (Å²) in [5.41, 5.74) is 2.17. The molecule has 0 fully saturated rings. The van der Waals surface area contributed by atoms with E-state index in [1.165, 1.54) is 7.11 Å². The van der Waals surface area contributed by atoms with Gasteiger partial charge in [0, 0.05) is 6.42 Å². The molecular weight excluding hydrogens is 228 g/mol. The number of hydrogen-bond acceptors (Lipinski definition) is 3. The topological polar surface area (TPSA) is 43.4 Å². The second-order valence-corrected chi connectivity index (χ2v) is 3.76. The molecule has 0 radical (unpaired) electrons. The third-order valence-corrected chi connectivity index (χ3v) is 2.54. The van der Waals surface area contributed by atoms with E-state index >= 15 is 0 Å². The van der Waals surface area contributed by atoms with Gasteiger partial charge in [-0.05, 0) is 24.1 Å². The second-order valence-electron chi connectivity index (χ2n) is 3.49. The molecule has 0 aliphatic carbocycles. The first-order valence-corrected chi connectivity index (χ1v) is 5.37. The van der Waals surface area contributed by atoms with Crippen LogP contribution in [0.4, 0.5) is 0 Å². The highest BCUT2D eigenvalue weighted by Gasteiger charge is 2.10. The van der Waals surface area contributed by atoms with Gasteiger partial charge in [0.2, 0.25) is 0 Å². The normalized spacial score (nSPS) is 9.94. The first-order chi connectivity index (χ1) is 7.58. The Morgan fingerprint density at radius 2 is 2.06 bits per heavy atom. The molecule has 0 amide bonds. The van der Waals surface area contributed by atoms with Gasteiger partial charge in [-0.25, -0.2) is 4.79 Å². The SMILES string of the molecule is COC(=O)c1ccc(CC(=O)CCl)cc1C. The molecule has 0 N–H and O–H groups in total. The zero-order chi connectivity index (χ0) is 12.1. The summed E-state index contributed by atoms with van der Waals surface area (Å²) in [6.45, 7) is 1.81. The van der Waals surface area contributed by atoms with Gasteiger partial charge in [0.1, 0.15) is 0 Å². The number of esters is 1. The standard InChI is InChI=1S/C12H13ClO3/c1-8-5-9(6-10(14)7-13)3-4-11(8)12(15)16-2/h3-5H,6-7H2,1-2H3. The smallest absolute Gasteiger partial charge is 0.338 e. The van der Waals surface area contributed by atoms with Gasteiger partial charge < -0.3 is 4.74 Å². The van der Waals surface area contributed by atoms with Crippen LogP contribution in [0.5, 0.6) is 0 Å². The average Bonchev–Trinajstić information content (AvgIpc) is 2.28. The van der Waals surface area contributed by atoms with E-state index < -0.39 is 0 Å². The summed E-state index contributed by atoms with van der Waals surface area (Å²) in [6.07, 6.45) is 0.297. The molecule has 0 aliphatic rings. The summed E-state index contributed by atoms with van der Waals surface area (Å²) in [4.78, 5) is 22.5. The number of ether oxygens (including phenoxy) is 1. The quantitative estimate of drug-likeness (QED) is 0.598. The fraction of sp³-hybridized carbons (Fsp3) is 0.333. The van der Waals surface area contributed by atoms with Crippen LogP contribution in [0.1, 0.15) is 21.5 Å². The summed E-state index contributed by atoms with van der Waals surface area (Å²) in [5.74, 6) is -0.391. The molecule has 0 saturated carbocycles. The van der Waals surface area contributed by atoms with Gasteiger partial charge in [0.15, 0.2) is 5.78 Å². The number of halogens is 1. The van der Waals surface area contributed by atoms with Crippen molar-refractivity contribution in [3.63, 3.8) is 0 Å². The molecule has 0 saturated heterocycles. The van der Waals surface area contributed by atoms with Crippen molar-refractivity contribution in [1.29, 1.82) is 0 Å². The minimum Gasteiger partial charge on any atom is -0.465 e. The van der Waals surface area contributed by atoms with E-state index in [0.29, 0.717) is 12.0 Å². The Bertz CT molecular complexity index is 413. The van der Waals surface area contributed by atoms with Crippen molar-refractivity contribution >= 4 is 23.4 Å². The predicted molar refractivity (Wildman–Crippen MR) is 61.9 cm³/mol. The Morgan fingerprint density at radius 1 is 1.38 bits per heavy atom. The van der Waals surface area contributed by atoms with E-state index in [0.717, 1.165) is 11.1 Å². The Labute approximate surface area is 99.4 Å². The summed E-state index contributed by atoms with van der Waals surface area (Å²) in [5, 5.41) is 0. The number of carbonyl (C=O) groups excluding carboxylic acids is 2. The molecule has 0 aromatic heterocycles. The minimum absolute atomic E-state index is 0.0117. The highest BCUT2D eigenvalue weighted by molar-refractivity contribution is 6.27. The van der Waals surface area contributed by atoms with E-state index in [-0.39, 0.29) is 17.6 Å². The molecule has 3 nitrogen and oxygen atoms in total. The Morgan fingerprint density at radius 3 is 2.56 bits per heavy atom. The second kappa shape index (κ2) is 5.66. The molecule has 1 aromatic rings. The number of methoxy groups -OCH3 is 1. The fourth-order valence-electron chi connectivity index (χ4n) is 1.45. The molecule has 0 bridgehead atoms. The van der Waals surface area contributed by atoms with E-state index in [2.05, 4.69) is 4.74 Å². The van der Waals surface area contributed by atoms with Gasteiger partial charge in [-0.2, -0.15) is 0 Å². The van der Waals surface area contributed by atoms with Crippen molar-refractivity contribution in [2.45, 2.75) is 13.3 Å². The van der Waals surface area contributed by atoms with Crippen molar-refractivity contribution in [3.05, 3.63) is 34.9 Å². The van der Waals surface area contributed by atoms with Crippen LogP contribution in [-0.4, -0.2) is 24.7 Å². The van der Waals surface area contributed by atoms with Crippen LogP contribution in [0.25, 0.3) is 0 Å². The molecule has 0 unspecified atom stereocenters. The molecule has 0 heterocycles. The van der Waals surface area contributed by atoms with Gasteiger partial charge in [-0.1, -0.05) is 12.1 Å². The fourth-order valence-corrected chi connectivity index (χ4v) is 1.54. The molecule has 0 atom stereocenters. The lowest BCUT2D eigenvalue weighted by Crippen LogP contribution is -2.07. The van der Waals surface area contributed by atoms with Crippen molar-refractivity contribution in [3.8, 4) is 0 Å². The summed E-state index contributed by atoms with van der Waals surface area (Å²) in [7, 11) is 1.34. The summed E-state index contributed by atoms with van der Waals surface area (Å²) < 4.78 is 4.63. The van der Waals surface area contributed by atoms with E-state index in [1.807, 2.05) is 0 Å². The van der Waals surface area contributed by atoms with Gasteiger partial charge in [0.25, 0.3) is 0 Å². The molecule has 1 rings (SSSR count). The monoisotopic (exact) mass is 240 g/mol. The zero-order valence-electron chi connectivity index (χ0n) is 9.25. The lowest BCUT2D eigenvalue weighted by molar-refractivity contribution is -0.116. The maximum absolute atomic E-state index is 11.3. The summed E-state index contributed by atoms with van der Waals surface area (Å²) in [6, 6.07) is 5.21.